The zero-order valence-corrected chi connectivity index (χ0v) is 20.4. The van der Waals surface area contributed by atoms with Crippen molar-refractivity contribution in [3.05, 3.63) is 69.0 Å². The Labute approximate surface area is 200 Å². The summed E-state index contributed by atoms with van der Waals surface area (Å²) in [6, 6.07) is 10.2. The highest BCUT2D eigenvalue weighted by molar-refractivity contribution is 7.99. The zero-order chi connectivity index (χ0) is 23.4. The Kier molecular flexibility index (Phi) is 7.82. The minimum Gasteiger partial charge on any atom is -0.342 e. The Morgan fingerprint density at radius 2 is 1.78 bits per heavy atom. The molecule has 0 saturated heterocycles. The number of carbonyl (C=O) groups is 2. The van der Waals surface area contributed by atoms with E-state index in [1.807, 2.05) is 32.0 Å². The molecule has 0 aliphatic heterocycles. The zero-order valence-electron chi connectivity index (χ0n) is 18.1. The van der Waals surface area contributed by atoms with E-state index in [0.29, 0.717) is 21.6 Å². The lowest BCUT2D eigenvalue weighted by Gasteiger charge is -2.14. The van der Waals surface area contributed by atoms with Crippen LogP contribution < -0.4 is 10.6 Å². The van der Waals surface area contributed by atoms with Crippen LogP contribution in [0.3, 0.4) is 0 Å². The van der Waals surface area contributed by atoms with Crippen LogP contribution in [-0.2, 0) is 11.8 Å². The summed E-state index contributed by atoms with van der Waals surface area (Å²) in [5.41, 5.74) is 3.26. The maximum absolute atomic E-state index is 12.6. The molecule has 7 nitrogen and oxygen atoms in total. The molecule has 0 aliphatic carbocycles. The number of thioether (sulfide) groups is 1. The molecule has 2 N–H and O–H groups in total. The quantitative estimate of drug-likeness (QED) is 0.455. The van der Waals surface area contributed by atoms with E-state index in [1.165, 1.54) is 17.8 Å². The van der Waals surface area contributed by atoms with Crippen LogP contribution in [0, 0.1) is 13.8 Å². The van der Waals surface area contributed by atoms with E-state index in [9.17, 15) is 9.59 Å². The van der Waals surface area contributed by atoms with Gasteiger partial charge in [0.15, 0.2) is 11.0 Å². The van der Waals surface area contributed by atoms with Crippen molar-refractivity contribution in [3.8, 4) is 0 Å². The summed E-state index contributed by atoms with van der Waals surface area (Å²) in [6.45, 7) is 5.77. The number of carbonyl (C=O) groups excluding carboxylic acids is 2. The van der Waals surface area contributed by atoms with Gasteiger partial charge in [0.1, 0.15) is 0 Å². The number of hydrogen-bond donors (Lipinski definition) is 2. The van der Waals surface area contributed by atoms with E-state index < -0.39 is 6.04 Å². The summed E-state index contributed by atoms with van der Waals surface area (Å²) in [5, 5.41) is 15.4. The number of nitrogens with one attached hydrogen (secondary N) is 2. The maximum Gasteiger partial charge on any atom is 0.253 e. The lowest BCUT2D eigenvalue weighted by Crippen LogP contribution is -2.28. The summed E-state index contributed by atoms with van der Waals surface area (Å²) < 4.78 is 1.75. The Morgan fingerprint density at radius 1 is 1.09 bits per heavy atom. The van der Waals surface area contributed by atoms with Gasteiger partial charge in [0.25, 0.3) is 5.91 Å². The third-order valence-electron chi connectivity index (χ3n) is 4.62. The molecule has 0 radical (unpaired) electrons. The molecule has 3 aromatic rings. The Balaban J connectivity index is 1.60. The standard InChI is InChI=1S/C22H23Cl2N5O2S/c1-12-7-13(2)9-16(8-12)26-19(30)11-32-22-28-27-20(29(22)4)14(3)25-21(31)17-6-5-15(23)10-18(17)24/h5-10,14H,11H2,1-4H3,(H,25,31)(H,26,30)/t14-/m1/s1. The number of anilines is 1. The number of hydrogen-bond acceptors (Lipinski definition) is 5. The van der Waals surface area contributed by atoms with Crippen LogP contribution in [0.25, 0.3) is 0 Å². The van der Waals surface area contributed by atoms with Gasteiger partial charge in [0.2, 0.25) is 5.91 Å². The monoisotopic (exact) mass is 491 g/mol. The van der Waals surface area contributed by atoms with Crippen molar-refractivity contribution in [2.75, 3.05) is 11.1 Å². The molecule has 10 heteroatoms. The fourth-order valence-corrected chi connectivity index (χ4v) is 4.43. The molecule has 1 atom stereocenters. The lowest BCUT2D eigenvalue weighted by molar-refractivity contribution is -0.113. The van der Waals surface area contributed by atoms with Crippen molar-refractivity contribution in [2.24, 2.45) is 7.05 Å². The van der Waals surface area contributed by atoms with Gasteiger partial charge >= 0.3 is 0 Å². The van der Waals surface area contributed by atoms with E-state index >= 15 is 0 Å². The summed E-state index contributed by atoms with van der Waals surface area (Å²) in [5.74, 6) is 0.258. The molecule has 0 fully saturated rings. The number of nitrogens with zero attached hydrogens (tertiary/aromatic N) is 3. The molecule has 0 aliphatic rings. The Hall–Kier alpha value is -2.55. The number of aromatic nitrogens is 3. The van der Waals surface area contributed by atoms with E-state index in [-0.39, 0.29) is 22.6 Å². The molecule has 0 saturated carbocycles. The Bertz CT molecular complexity index is 1140. The van der Waals surface area contributed by atoms with E-state index in [1.54, 1.807) is 30.7 Å². The summed E-state index contributed by atoms with van der Waals surface area (Å²) in [4.78, 5) is 24.9. The van der Waals surface area contributed by atoms with Crippen LogP contribution in [0.2, 0.25) is 10.0 Å². The SMILES string of the molecule is Cc1cc(C)cc(NC(=O)CSc2nnc([C@@H](C)NC(=O)c3ccc(Cl)cc3Cl)n2C)c1. The first-order valence-corrected chi connectivity index (χ1v) is 11.5. The van der Waals surface area contributed by atoms with E-state index in [2.05, 4.69) is 20.8 Å². The van der Waals surface area contributed by atoms with Crippen LogP contribution in [0.4, 0.5) is 5.69 Å². The number of benzene rings is 2. The number of halogens is 2. The van der Waals surface area contributed by atoms with Crippen molar-refractivity contribution in [2.45, 2.75) is 32.0 Å². The van der Waals surface area contributed by atoms with Gasteiger partial charge in [-0.2, -0.15) is 0 Å². The van der Waals surface area contributed by atoms with Gasteiger partial charge in [-0.25, -0.2) is 0 Å². The lowest BCUT2D eigenvalue weighted by atomic mass is 10.1. The van der Waals surface area contributed by atoms with Crippen LogP contribution in [0.1, 0.15) is 40.3 Å². The molecule has 1 aromatic heterocycles. The molecule has 168 valence electrons. The van der Waals surface area contributed by atoms with E-state index in [0.717, 1.165) is 16.8 Å². The van der Waals surface area contributed by atoms with Gasteiger partial charge in [-0.3, -0.25) is 9.59 Å². The van der Waals surface area contributed by atoms with E-state index in [4.69, 9.17) is 23.2 Å². The highest BCUT2D eigenvalue weighted by atomic mass is 35.5. The molecular weight excluding hydrogens is 469 g/mol. The predicted octanol–water partition coefficient (Wildman–Crippen LogP) is 4.96. The molecule has 0 bridgehead atoms. The highest BCUT2D eigenvalue weighted by Gasteiger charge is 2.20. The minimum absolute atomic E-state index is 0.136. The molecule has 3 rings (SSSR count). The van der Waals surface area contributed by atoms with Crippen molar-refractivity contribution in [3.63, 3.8) is 0 Å². The van der Waals surface area contributed by atoms with Crippen molar-refractivity contribution in [1.82, 2.24) is 20.1 Å². The van der Waals surface area contributed by atoms with Gasteiger partial charge in [0, 0.05) is 17.8 Å². The second kappa shape index (κ2) is 10.4. The summed E-state index contributed by atoms with van der Waals surface area (Å²) in [6.07, 6.45) is 0. The molecular formula is C22H23Cl2N5O2S. The smallest absolute Gasteiger partial charge is 0.253 e. The Morgan fingerprint density at radius 3 is 2.44 bits per heavy atom. The average Bonchev–Trinajstić information content (AvgIpc) is 3.06. The first-order chi connectivity index (χ1) is 15.1. The fourth-order valence-electron chi connectivity index (χ4n) is 3.22. The van der Waals surface area contributed by atoms with Crippen LogP contribution in [0.5, 0.6) is 0 Å². The fraction of sp³-hybridized carbons (Fsp3) is 0.273. The minimum atomic E-state index is -0.426. The van der Waals surface area contributed by atoms with Gasteiger partial charge in [0.05, 0.1) is 22.4 Å². The van der Waals surface area contributed by atoms with Gasteiger partial charge in [-0.05, 0) is 62.2 Å². The molecule has 1 heterocycles. The van der Waals surface area contributed by atoms with Gasteiger partial charge in [-0.1, -0.05) is 41.0 Å². The second-order valence-electron chi connectivity index (χ2n) is 7.43. The van der Waals surface area contributed by atoms with Crippen molar-refractivity contribution in [1.29, 1.82) is 0 Å². The summed E-state index contributed by atoms with van der Waals surface area (Å²) in [7, 11) is 1.79. The molecule has 2 aromatic carbocycles. The number of amides is 2. The normalized spacial score (nSPS) is 11.8. The van der Waals surface area contributed by atoms with Crippen LogP contribution in [-0.4, -0.2) is 32.3 Å². The van der Waals surface area contributed by atoms with Gasteiger partial charge < -0.3 is 15.2 Å². The molecule has 32 heavy (non-hydrogen) atoms. The number of aryl methyl sites for hydroxylation is 2. The van der Waals surface area contributed by atoms with Gasteiger partial charge in [-0.15, -0.1) is 10.2 Å². The third kappa shape index (κ3) is 6.03. The topological polar surface area (TPSA) is 88.9 Å². The number of rotatable bonds is 7. The first kappa shape index (κ1) is 24.1. The highest BCUT2D eigenvalue weighted by Crippen LogP contribution is 2.23. The second-order valence-corrected chi connectivity index (χ2v) is 9.22. The first-order valence-electron chi connectivity index (χ1n) is 9.80. The molecule has 2 amide bonds. The maximum atomic E-state index is 12.6. The van der Waals surface area contributed by atoms with Crippen LogP contribution in [0.15, 0.2) is 41.6 Å². The third-order valence-corrected chi connectivity index (χ3v) is 6.19. The largest absolute Gasteiger partial charge is 0.342 e. The molecule has 0 spiro atoms. The summed E-state index contributed by atoms with van der Waals surface area (Å²) >= 11 is 13.3. The van der Waals surface area contributed by atoms with Crippen LogP contribution >= 0.6 is 35.0 Å². The van der Waals surface area contributed by atoms with Crippen molar-refractivity contribution >= 4 is 52.5 Å². The average molecular weight is 492 g/mol. The predicted molar refractivity (Wildman–Crippen MR) is 129 cm³/mol. The molecule has 0 unspecified atom stereocenters. The van der Waals surface area contributed by atoms with Crippen molar-refractivity contribution < 1.29 is 9.59 Å².